The van der Waals surface area contributed by atoms with Gasteiger partial charge in [-0.3, -0.25) is 19.0 Å². The zero-order valence-corrected chi connectivity index (χ0v) is 12.4. The summed E-state index contributed by atoms with van der Waals surface area (Å²) in [5.41, 5.74) is 1.68. The summed E-state index contributed by atoms with van der Waals surface area (Å²) in [5, 5.41) is 6.62. The van der Waals surface area contributed by atoms with Crippen LogP contribution in [0.1, 0.15) is 0 Å². The van der Waals surface area contributed by atoms with Crippen molar-refractivity contribution in [3.63, 3.8) is 0 Å². The van der Waals surface area contributed by atoms with Crippen molar-refractivity contribution in [2.75, 3.05) is 0 Å². The third kappa shape index (κ3) is 1.83. The average Bonchev–Trinajstić information content (AvgIpc) is 2.90. The van der Waals surface area contributed by atoms with Crippen molar-refractivity contribution < 1.29 is 0 Å². The summed E-state index contributed by atoms with van der Waals surface area (Å²) < 4.78 is 3.25. The molecule has 4 rings (SSSR count). The normalized spacial score (nSPS) is 11.4. The number of rotatable bonds is 1. The highest BCUT2D eigenvalue weighted by molar-refractivity contribution is 6.31. The van der Waals surface area contributed by atoms with E-state index in [1.54, 1.807) is 40.8 Å². The highest BCUT2D eigenvalue weighted by Gasteiger charge is 2.15. The molecular formula is C16H11ClN4O. The molecule has 3 aromatic heterocycles. The van der Waals surface area contributed by atoms with Gasteiger partial charge in [0.1, 0.15) is 0 Å². The third-order valence-electron chi connectivity index (χ3n) is 3.63. The second kappa shape index (κ2) is 4.68. The van der Waals surface area contributed by atoms with Gasteiger partial charge in [-0.25, -0.2) is 0 Å². The quantitative estimate of drug-likeness (QED) is 0.543. The monoisotopic (exact) mass is 310 g/mol. The van der Waals surface area contributed by atoms with Crippen molar-refractivity contribution in [3.05, 3.63) is 64.3 Å². The standard InChI is InChI=1S/C16H11ClN4O/c1-20-9-13-12-5-4-10(17)7-14(12)21(16(22)15(13)19-20)11-3-2-6-18-8-11/h2-9H,1H3. The van der Waals surface area contributed by atoms with Crippen LogP contribution in [0.4, 0.5) is 0 Å². The molecule has 0 aliphatic carbocycles. The van der Waals surface area contributed by atoms with Gasteiger partial charge in [0, 0.05) is 35.2 Å². The van der Waals surface area contributed by atoms with Gasteiger partial charge in [0.25, 0.3) is 5.56 Å². The Labute approximate surface area is 130 Å². The van der Waals surface area contributed by atoms with E-state index in [0.29, 0.717) is 16.2 Å². The topological polar surface area (TPSA) is 52.7 Å². The first-order valence-corrected chi connectivity index (χ1v) is 7.11. The number of aromatic nitrogens is 4. The Morgan fingerprint density at radius 1 is 1.18 bits per heavy atom. The van der Waals surface area contributed by atoms with Gasteiger partial charge < -0.3 is 0 Å². The molecule has 108 valence electrons. The minimum atomic E-state index is -0.182. The van der Waals surface area contributed by atoms with Crippen LogP contribution in [0, 0.1) is 0 Å². The Kier molecular flexibility index (Phi) is 2.77. The van der Waals surface area contributed by atoms with E-state index in [-0.39, 0.29) is 5.56 Å². The highest BCUT2D eigenvalue weighted by atomic mass is 35.5. The van der Waals surface area contributed by atoms with E-state index in [1.165, 1.54) is 0 Å². The van der Waals surface area contributed by atoms with Crippen molar-refractivity contribution in [1.29, 1.82) is 0 Å². The fourth-order valence-corrected chi connectivity index (χ4v) is 2.89. The maximum atomic E-state index is 12.9. The predicted octanol–water partition coefficient (Wildman–Crippen LogP) is 2.93. The minimum Gasteiger partial charge on any atom is -0.274 e. The van der Waals surface area contributed by atoms with Gasteiger partial charge in [-0.1, -0.05) is 17.7 Å². The van der Waals surface area contributed by atoms with Crippen LogP contribution in [0.15, 0.2) is 53.7 Å². The summed E-state index contributed by atoms with van der Waals surface area (Å²) >= 11 is 6.14. The molecule has 5 nitrogen and oxygen atoms in total. The van der Waals surface area contributed by atoms with E-state index in [1.807, 2.05) is 24.4 Å². The first-order valence-electron chi connectivity index (χ1n) is 6.73. The molecule has 6 heteroatoms. The maximum absolute atomic E-state index is 12.9. The van der Waals surface area contributed by atoms with Gasteiger partial charge in [0.15, 0.2) is 5.52 Å². The lowest BCUT2D eigenvalue weighted by Crippen LogP contribution is -2.19. The molecule has 3 heterocycles. The lowest BCUT2D eigenvalue weighted by Gasteiger charge is -2.10. The van der Waals surface area contributed by atoms with Crippen LogP contribution in [0.3, 0.4) is 0 Å². The van der Waals surface area contributed by atoms with Crippen molar-refractivity contribution in [1.82, 2.24) is 19.3 Å². The molecule has 0 N–H and O–H groups in total. The van der Waals surface area contributed by atoms with Gasteiger partial charge in [-0.2, -0.15) is 5.10 Å². The number of hydrogen-bond acceptors (Lipinski definition) is 3. The molecule has 0 radical (unpaired) electrons. The van der Waals surface area contributed by atoms with Crippen LogP contribution < -0.4 is 5.56 Å². The average molecular weight is 311 g/mol. The van der Waals surface area contributed by atoms with E-state index in [2.05, 4.69) is 10.1 Å². The summed E-state index contributed by atoms with van der Waals surface area (Å²) in [4.78, 5) is 17.0. The SMILES string of the molecule is Cn1cc2c(n1)c(=O)n(-c1cccnc1)c1cc(Cl)ccc21. The third-order valence-corrected chi connectivity index (χ3v) is 3.86. The molecule has 0 unspecified atom stereocenters. The maximum Gasteiger partial charge on any atom is 0.284 e. The van der Waals surface area contributed by atoms with Crippen molar-refractivity contribution >= 4 is 33.4 Å². The summed E-state index contributed by atoms with van der Waals surface area (Å²) in [6, 6.07) is 9.14. The van der Waals surface area contributed by atoms with E-state index >= 15 is 0 Å². The minimum absolute atomic E-state index is 0.182. The molecule has 0 aliphatic heterocycles. The zero-order valence-electron chi connectivity index (χ0n) is 11.7. The number of hydrogen-bond donors (Lipinski definition) is 0. The van der Waals surface area contributed by atoms with Gasteiger partial charge in [-0.05, 0) is 24.3 Å². The van der Waals surface area contributed by atoms with Crippen LogP contribution >= 0.6 is 11.6 Å². The smallest absolute Gasteiger partial charge is 0.274 e. The Morgan fingerprint density at radius 3 is 2.82 bits per heavy atom. The molecule has 22 heavy (non-hydrogen) atoms. The van der Waals surface area contributed by atoms with Gasteiger partial charge in [0.05, 0.1) is 17.4 Å². The summed E-state index contributed by atoms with van der Waals surface area (Å²) in [5.74, 6) is 0. The molecule has 0 spiro atoms. The summed E-state index contributed by atoms with van der Waals surface area (Å²) in [7, 11) is 1.80. The molecule has 0 fully saturated rings. The second-order valence-electron chi connectivity index (χ2n) is 5.08. The molecule has 0 atom stereocenters. The Balaban J connectivity index is 2.28. The Bertz CT molecular complexity index is 1070. The highest BCUT2D eigenvalue weighted by Crippen LogP contribution is 2.26. The number of pyridine rings is 2. The van der Waals surface area contributed by atoms with E-state index < -0.39 is 0 Å². The predicted molar refractivity (Wildman–Crippen MR) is 86.6 cm³/mol. The number of benzene rings is 1. The first kappa shape index (κ1) is 13.0. The second-order valence-corrected chi connectivity index (χ2v) is 5.51. The van der Waals surface area contributed by atoms with Crippen LogP contribution in [-0.4, -0.2) is 19.3 Å². The number of halogens is 1. The van der Waals surface area contributed by atoms with E-state index in [4.69, 9.17) is 11.6 Å². The fourth-order valence-electron chi connectivity index (χ4n) is 2.72. The summed E-state index contributed by atoms with van der Waals surface area (Å²) in [6.45, 7) is 0. The van der Waals surface area contributed by atoms with Crippen molar-refractivity contribution in [2.45, 2.75) is 0 Å². The van der Waals surface area contributed by atoms with Gasteiger partial charge in [-0.15, -0.1) is 0 Å². The van der Waals surface area contributed by atoms with Crippen LogP contribution in [-0.2, 0) is 7.05 Å². The van der Waals surface area contributed by atoms with Crippen LogP contribution in [0.2, 0.25) is 5.02 Å². The molecule has 0 saturated heterocycles. The molecule has 0 saturated carbocycles. The molecule has 1 aromatic carbocycles. The molecule has 0 bridgehead atoms. The van der Waals surface area contributed by atoms with Crippen LogP contribution in [0.5, 0.6) is 0 Å². The first-order chi connectivity index (χ1) is 10.6. The van der Waals surface area contributed by atoms with E-state index in [0.717, 1.165) is 16.3 Å². The molecule has 0 aliphatic rings. The summed E-state index contributed by atoms with van der Waals surface area (Å²) in [6.07, 6.45) is 5.17. The van der Waals surface area contributed by atoms with Gasteiger partial charge >= 0.3 is 0 Å². The van der Waals surface area contributed by atoms with Crippen molar-refractivity contribution in [3.8, 4) is 5.69 Å². The zero-order chi connectivity index (χ0) is 15.3. The Morgan fingerprint density at radius 2 is 2.05 bits per heavy atom. The largest absolute Gasteiger partial charge is 0.284 e. The Hall–Kier alpha value is -2.66. The van der Waals surface area contributed by atoms with Gasteiger partial charge in [0.2, 0.25) is 0 Å². The molecular weight excluding hydrogens is 300 g/mol. The molecule has 0 amide bonds. The number of fused-ring (bicyclic) bond motifs is 3. The lowest BCUT2D eigenvalue weighted by molar-refractivity contribution is 0.777. The van der Waals surface area contributed by atoms with Crippen LogP contribution in [0.25, 0.3) is 27.5 Å². The lowest BCUT2D eigenvalue weighted by atomic mass is 10.1. The number of nitrogens with zero attached hydrogens (tertiary/aromatic N) is 4. The molecule has 4 aromatic rings. The van der Waals surface area contributed by atoms with E-state index in [9.17, 15) is 4.79 Å². The van der Waals surface area contributed by atoms with Crippen molar-refractivity contribution in [2.24, 2.45) is 7.05 Å². The fraction of sp³-hybridized carbons (Fsp3) is 0.0625. The number of aryl methyl sites for hydroxylation is 1.